The number of halogens is 2. The summed E-state index contributed by atoms with van der Waals surface area (Å²) in [6.07, 6.45) is 0.201. The predicted octanol–water partition coefficient (Wildman–Crippen LogP) is 3.29. The van der Waals surface area contributed by atoms with Gasteiger partial charge in [-0.05, 0) is 39.7 Å². The number of carbonyl (C=O) groups is 2. The van der Waals surface area contributed by atoms with Gasteiger partial charge in [-0.2, -0.15) is 0 Å². The number of amides is 1. The summed E-state index contributed by atoms with van der Waals surface area (Å²) in [6.45, 7) is -0.293. The van der Waals surface area contributed by atoms with Crippen molar-refractivity contribution < 1.29 is 19.4 Å². The third-order valence-electron chi connectivity index (χ3n) is 3.17. The molecule has 0 saturated carbocycles. The molecular weight excluding hydrogens is 398 g/mol. The summed E-state index contributed by atoms with van der Waals surface area (Å²) in [4.78, 5) is 23.3. The highest BCUT2D eigenvalue weighted by molar-refractivity contribution is 9.10. The second-order valence-corrected chi connectivity index (χ2v) is 6.30. The van der Waals surface area contributed by atoms with Crippen LogP contribution in [0.15, 0.2) is 53.0 Å². The molecule has 1 amide bonds. The van der Waals surface area contributed by atoms with Crippen LogP contribution in [0.1, 0.15) is 5.56 Å². The molecule has 0 unspecified atom stereocenters. The topological polar surface area (TPSA) is 75.6 Å². The Hall–Kier alpha value is -2.05. The molecule has 0 radical (unpaired) electrons. The average molecular weight is 413 g/mol. The monoisotopic (exact) mass is 411 g/mol. The lowest BCUT2D eigenvalue weighted by Gasteiger charge is -2.15. The first kappa shape index (κ1) is 18.3. The van der Waals surface area contributed by atoms with Crippen molar-refractivity contribution in [3.63, 3.8) is 0 Å². The number of ether oxygens (including phenoxy) is 1. The van der Waals surface area contributed by atoms with Gasteiger partial charge in [0.25, 0.3) is 5.91 Å². The number of carbonyl (C=O) groups excluding carboxylic acids is 1. The van der Waals surface area contributed by atoms with E-state index in [0.29, 0.717) is 15.2 Å². The number of carboxylic acid groups (broad SMARTS) is 1. The van der Waals surface area contributed by atoms with Gasteiger partial charge in [-0.1, -0.05) is 41.9 Å². The van der Waals surface area contributed by atoms with Gasteiger partial charge in [0, 0.05) is 11.4 Å². The summed E-state index contributed by atoms with van der Waals surface area (Å²) in [6, 6.07) is 13.0. The van der Waals surface area contributed by atoms with Crippen LogP contribution in [0.4, 0.5) is 0 Å². The lowest BCUT2D eigenvalue weighted by molar-refractivity contribution is -0.142. The zero-order valence-electron chi connectivity index (χ0n) is 12.5. The van der Waals surface area contributed by atoms with Gasteiger partial charge in [-0.25, -0.2) is 4.79 Å². The fraction of sp³-hybridized carbons (Fsp3) is 0.176. The summed E-state index contributed by atoms with van der Waals surface area (Å²) >= 11 is 9.11. The molecule has 0 bridgehead atoms. The molecule has 0 spiro atoms. The number of benzene rings is 2. The minimum absolute atomic E-state index is 0.201. The Kier molecular flexibility index (Phi) is 6.63. The third kappa shape index (κ3) is 5.54. The van der Waals surface area contributed by atoms with Gasteiger partial charge < -0.3 is 15.2 Å². The van der Waals surface area contributed by atoms with Crippen molar-refractivity contribution in [3.8, 4) is 5.75 Å². The molecule has 0 aliphatic carbocycles. The number of hydrogen-bond acceptors (Lipinski definition) is 3. The minimum atomic E-state index is -1.10. The van der Waals surface area contributed by atoms with Crippen molar-refractivity contribution in [2.24, 2.45) is 0 Å². The zero-order valence-corrected chi connectivity index (χ0v) is 14.9. The number of hydrogen-bond donors (Lipinski definition) is 2. The van der Waals surface area contributed by atoms with Crippen LogP contribution in [0.2, 0.25) is 5.02 Å². The Morgan fingerprint density at radius 2 is 1.92 bits per heavy atom. The van der Waals surface area contributed by atoms with E-state index in [4.69, 9.17) is 16.3 Å². The van der Waals surface area contributed by atoms with Crippen molar-refractivity contribution in [1.29, 1.82) is 0 Å². The average Bonchev–Trinajstić information content (AvgIpc) is 2.54. The highest BCUT2D eigenvalue weighted by Gasteiger charge is 2.20. The standard InChI is InChI=1S/C17H15BrClNO4/c18-13-9-12(19)6-7-15(13)24-10-16(21)20-14(17(22)23)8-11-4-2-1-3-5-11/h1-7,9,14H,8,10H2,(H,20,21)(H,22,23)/t14-/m0/s1. The SMILES string of the molecule is O=C(COc1ccc(Cl)cc1Br)N[C@@H](Cc1ccccc1)C(=O)O. The van der Waals surface area contributed by atoms with E-state index in [9.17, 15) is 14.7 Å². The van der Waals surface area contributed by atoms with Crippen molar-refractivity contribution in [2.45, 2.75) is 12.5 Å². The van der Waals surface area contributed by atoms with Gasteiger partial charge in [0.1, 0.15) is 11.8 Å². The quantitative estimate of drug-likeness (QED) is 0.732. The molecule has 2 aromatic carbocycles. The minimum Gasteiger partial charge on any atom is -0.483 e. The summed E-state index contributed by atoms with van der Waals surface area (Å²) in [5, 5.41) is 12.3. The van der Waals surface area contributed by atoms with Gasteiger partial charge in [-0.15, -0.1) is 0 Å². The fourth-order valence-electron chi connectivity index (χ4n) is 2.02. The van der Waals surface area contributed by atoms with E-state index < -0.39 is 17.9 Å². The normalized spacial score (nSPS) is 11.6. The van der Waals surface area contributed by atoms with E-state index in [1.54, 1.807) is 18.2 Å². The van der Waals surface area contributed by atoms with Crippen LogP contribution >= 0.6 is 27.5 Å². The van der Waals surface area contributed by atoms with Crippen molar-refractivity contribution >= 4 is 39.4 Å². The van der Waals surface area contributed by atoms with Crippen LogP contribution in [0.25, 0.3) is 0 Å². The number of aliphatic carboxylic acids is 1. The molecule has 126 valence electrons. The molecule has 0 aliphatic heterocycles. The van der Waals surface area contributed by atoms with Gasteiger partial charge in [-0.3, -0.25) is 4.79 Å². The van der Waals surface area contributed by atoms with Crippen molar-refractivity contribution in [2.75, 3.05) is 6.61 Å². The zero-order chi connectivity index (χ0) is 17.5. The molecule has 0 aromatic heterocycles. The summed E-state index contributed by atoms with van der Waals surface area (Å²) in [7, 11) is 0. The second-order valence-electron chi connectivity index (χ2n) is 5.01. The van der Waals surface area contributed by atoms with Crippen molar-refractivity contribution in [3.05, 3.63) is 63.6 Å². The number of rotatable bonds is 7. The van der Waals surface area contributed by atoms with Crippen LogP contribution in [0.3, 0.4) is 0 Å². The first-order valence-electron chi connectivity index (χ1n) is 7.09. The third-order valence-corrected chi connectivity index (χ3v) is 4.02. The highest BCUT2D eigenvalue weighted by Crippen LogP contribution is 2.27. The first-order chi connectivity index (χ1) is 11.5. The lowest BCUT2D eigenvalue weighted by atomic mass is 10.1. The van der Waals surface area contributed by atoms with Gasteiger partial charge >= 0.3 is 5.97 Å². The molecule has 1 atom stereocenters. The van der Waals surface area contributed by atoms with Crippen LogP contribution in [0, 0.1) is 0 Å². The number of nitrogens with one attached hydrogen (secondary N) is 1. The maximum Gasteiger partial charge on any atom is 0.326 e. The summed E-state index contributed by atoms with van der Waals surface area (Å²) in [5.74, 6) is -1.16. The van der Waals surface area contributed by atoms with Crippen LogP contribution in [0.5, 0.6) is 5.75 Å². The molecule has 5 nitrogen and oxygen atoms in total. The molecule has 24 heavy (non-hydrogen) atoms. The summed E-state index contributed by atoms with van der Waals surface area (Å²) in [5.41, 5.74) is 0.826. The van der Waals surface area contributed by atoms with Crippen LogP contribution in [-0.2, 0) is 16.0 Å². The highest BCUT2D eigenvalue weighted by atomic mass is 79.9. The maximum atomic E-state index is 12.0. The Balaban J connectivity index is 1.92. The molecule has 0 fully saturated rings. The molecule has 7 heteroatoms. The summed E-state index contributed by atoms with van der Waals surface area (Å²) < 4.78 is 5.99. The van der Waals surface area contributed by atoms with E-state index >= 15 is 0 Å². The van der Waals surface area contributed by atoms with E-state index in [-0.39, 0.29) is 13.0 Å². The molecule has 0 aliphatic rings. The Labute approximate surface area is 152 Å². The molecular formula is C17H15BrClNO4. The van der Waals surface area contributed by atoms with Gasteiger partial charge in [0.15, 0.2) is 6.61 Å². The van der Waals surface area contributed by atoms with E-state index in [2.05, 4.69) is 21.2 Å². The number of carboxylic acids is 1. The smallest absolute Gasteiger partial charge is 0.326 e. The van der Waals surface area contributed by atoms with Gasteiger partial charge in [0.05, 0.1) is 4.47 Å². The molecule has 0 heterocycles. The Bertz CT molecular complexity index is 724. The van der Waals surface area contributed by atoms with Crippen LogP contribution < -0.4 is 10.1 Å². The molecule has 2 rings (SSSR count). The molecule has 2 N–H and O–H groups in total. The van der Waals surface area contributed by atoms with Gasteiger partial charge in [0.2, 0.25) is 0 Å². The second kappa shape index (κ2) is 8.70. The van der Waals surface area contributed by atoms with Crippen LogP contribution in [-0.4, -0.2) is 29.6 Å². The fourth-order valence-corrected chi connectivity index (χ4v) is 2.82. The predicted molar refractivity (Wildman–Crippen MR) is 94.4 cm³/mol. The maximum absolute atomic E-state index is 12.0. The Morgan fingerprint density at radius 3 is 2.54 bits per heavy atom. The largest absolute Gasteiger partial charge is 0.483 e. The Morgan fingerprint density at radius 1 is 1.21 bits per heavy atom. The van der Waals surface area contributed by atoms with E-state index in [1.165, 1.54) is 0 Å². The lowest BCUT2D eigenvalue weighted by Crippen LogP contribution is -2.44. The molecule has 0 saturated heterocycles. The molecule has 2 aromatic rings. The van der Waals surface area contributed by atoms with Crippen molar-refractivity contribution in [1.82, 2.24) is 5.32 Å². The van der Waals surface area contributed by atoms with E-state index in [0.717, 1.165) is 5.56 Å². The first-order valence-corrected chi connectivity index (χ1v) is 8.27. The van der Waals surface area contributed by atoms with E-state index in [1.807, 2.05) is 30.3 Å².